The number of aryl methyl sites for hydroxylation is 1. The molecule has 0 bridgehead atoms. The van der Waals surface area contributed by atoms with E-state index in [1.165, 1.54) is 143 Å². The maximum absolute atomic E-state index is 12.9. The van der Waals surface area contributed by atoms with Crippen molar-refractivity contribution in [3.05, 3.63) is 88.5 Å². The molecule has 4 aromatic rings. The largest absolute Gasteiger partial charge is 0.449 e. The Kier molecular flexibility index (Phi) is 23.6. The summed E-state index contributed by atoms with van der Waals surface area (Å²) in [7, 11) is 0. The van der Waals surface area contributed by atoms with Crippen molar-refractivity contribution in [3.63, 3.8) is 0 Å². The Hall–Kier alpha value is -6.70. The molecule has 7 aliphatic rings. The van der Waals surface area contributed by atoms with Gasteiger partial charge in [-0.2, -0.15) is 0 Å². The van der Waals surface area contributed by atoms with Gasteiger partial charge in [-0.05, 0) is 182 Å². The number of anilines is 6. The molecule has 14 heteroatoms. The number of nitrogens with zero attached hydrogens (tertiary/aromatic N) is 6. The Morgan fingerprint density at radius 1 is 0.488 bits per heavy atom. The van der Waals surface area contributed by atoms with Crippen LogP contribution in [0, 0.1) is 24.7 Å². The molecular formula is C72H101N9O5. The molecule has 3 aliphatic carbocycles. The molecule has 4 fully saturated rings. The first-order valence-corrected chi connectivity index (χ1v) is 33.7. The maximum Gasteiger partial charge on any atom is 0.411 e. The lowest BCUT2D eigenvalue weighted by Gasteiger charge is -2.25. The number of carbonyl (C=O) groups excluding carboxylic acids is 3. The highest BCUT2D eigenvalue weighted by atomic mass is 16.6. The second-order valence-corrected chi connectivity index (χ2v) is 24.9. The Labute approximate surface area is 514 Å². The Morgan fingerprint density at radius 2 is 0.872 bits per heavy atom. The molecule has 3 N–H and O–H groups in total. The van der Waals surface area contributed by atoms with Crippen LogP contribution in [0.1, 0.15) is 209 Å². The van der Waals surface area contributed by atoms with Crippen molar-refractivity contribution in [2.45, 2.75) is 203 Å². The first-order valence-electron chi connectivity index (χ1n) is 33.7. The third-order valence-corrected chi connectivity index (χ3v) is 18.9. The third-order valence-electron chi connectivity index (χ3n) is 18.9. The van der Waals surface area contributed by atoms with Crippen LogP contribution in [0.4, 0.5) is 60.8 Å². The highest BCUT2D eigenvalue weighted by Gasteiger charge is 2.31. The summed E-state index contributed by atoms with van der Waals surface area (Å²) in [6.45, 7) is 21.4. The molecule has 4 aliphatic heterocycles. The number of ether oxygens (including phenoxy) is 2. The lowest BCUT2D eigenvalue weighted by Crippen LogP contribution is -2.24. The Balaban J connectivity index is 0.000000154. The maximum atomic E-state index is 12.9. The molecule has 0 radical (unpaired) electrons. The molecule has 0 atom stereocenters. The molecule has 3 saturated carbocycles. The fraction of sp³-hybridized carbons (Fsp3) is 0.583. The third kappa shape index (κ3) is 16.7. The predicted molar refractivity (Wildman–Crippen MR) is 359 cm³/mol. The molecule has 0 unspecified atom stereocenters. The quantitative estimate of drug-likeness (QED) is 0.0740. The van der Waals surface area contributed by atoms with Gasteiger partial charge in [-0.1, -0.05) is 102 Å². The summed E-state index contributed by atoms with van der Waals surface area (Å²) < 4.78 is 10.7. The van der Waals surface area contributed by atoms with Crippen molar-refractivity contribution in [3.8, 4) is 0 Å². The van der Waals surface area contributed by atoms with Crippen LogP contribution >= 0.6 is 0 Å². The fourth-order valence-electron chi connectivity index (χ4n) is 13.8. The van der Waals surface area contributed by atoms with Crippen LogP contribution < -0.4 is 30.7 Å². The van der Waals surface area contributed by atoms with Crippen LogP contribution in [-0.4, -0.2) is 87.7 Å². The van der Waals surface area contributed by atoms with Gasteiger partial charge in [0.05, 0.1) is 64.4 Å². The van der Waals surface area contributed by atoms with Gasteiger partial charge in [0.2, 0.25) is 0 Å². The molecule has 86 heavy (non-hydrogen) atoms. The van der Waals surface area contributed by atoms with E-state index in [0.29, 0.717) is 36.5 Å². The van der Waals surface area contributed by atoms with Gasteiger partial charge in [-0.3, -0.25) is 30.4 Å². The minimum atomic E-state index is -0.378. The van der Waals surface area contributed by atoms with Gasteiger partial charge < -0.3 is 29.5 Å². The zero-order valence-corrected chi connectivity index (χ0v) is 53.4. The van der Waals surface area contributed by atoms with E-state index in [9.17, 15) is 14.4 Å². The summed E-state index contributed by atoms with van der Waals surface area (Å²) in [5.74, 6) is 1.84. The SMILES string of the molecule is CCCCOC(=O)Nc1cc2c(cc1N(CC)CC)CC(C1CCCCC1)=N2.CCCCOC(=O)Nc1cc2c(cc1N1CCCC1)CC(C1CCCCC1)=N2.CCN(CC)c1cc2c(cc1NC(=O)c1ccc(C)cc1)N=C(C1CCCCC1)C2. The van der Waals surface area contributed by atoms with Gasteiger partial charge in [-0.25, -0.2) is 9.59 Å². The summed E-state index contributed by atoms with van der Waals surface area (Å²) in [5.41, 5.74) is 18.6. The fourth-order valence-corrected chi connectivity index (χ4v) is 13.8. The summed E-state index contributed by atoms with van der Waals surface area (Å²) >= 11 is 0. The van der Waals surface area contributed by atoms with Crippen LogP contribution in [-0.2, 0) is 28.7 Å². The Morgan fingerprint density at radius 3 is 1.28 bits per heavy atom. The van der Waals surface area contributed by atoms with Gasteiger partial charge in [0, 0.05) is 81.2 Å². The van der Waals surface area contributed by atoms with E-state index in [2.05, 4.69) is 103 Å². The topological polar surface area (TPSA) is 153 Å². The van der Waals surface area contributed by atoms with E-state index >= 15 is 0 Å². The van der Waals surface area contributed by atoms with E-state index in [4.69, 9.17) is 24.5 Å². The number of nitrogens with one attached hydrogen (secondary N) is 3. The van der Waals surface area contributed by atoms with Crippen molar-refractivity contribution in [1.29, 1.82) is 0 Å². The first kappa shape index (κ1) is 63.8. The number of benzene rings is 4. The molecule has 11 rings (SSSR count). The molecular weight excluding hydrogens is 1070 g/mol. The van der Waals surface area contributed by atoms with Gasteiger partial charge >= 0.3 is 12.2 Å². The molecule has 4 aromatic carbocycles. The predicted octanol–water partition coefficient (Wildman–Crippen LogP) is 18.2. The van der Waals surface area contributed by atoms with Crippen molar-refractivity contribution in [2.24, 2.45) is 32.7 Å². The minimum absolute atomic E-state index is 0.0714. The molecule has 3 amide bonds. The van der Waals surface area contributed by atoms with Crippen LogP contribution in [0.5, 0.6) is 0 Å². The van der Waals surface area contributed by atoms with Gasteiger partial charge in [0.1, 0.15) is 0 Å². The van der Waals surface area contributed by atoms with Crippen LogP contribution in [0.25, 0.3) is 0 Å². The highest BCUT2D eigenvalue weighted by molar-refractivity contribution is 6.07. The van der Waals surface area contributed by atoms with Crippen molar-refractivity contribution < 1.29 is 23.9 Å². The monoisotopic (exact) mass is 1170 g/mol. The van der Waals surface area contributed by atoms with E-state index in [-0.39, 0.29) is 18.1 Å². The number of carbonyl (C=O) groups is 3. The first-order chi connectivity index (χ1) is 42.0. The number of hydrogen-bond donors (Lipinski definition) is 3. The number of unbranched alkanes of at least 4 members (excludes halogenated alkanes) is 2. The normalized spacial score (nSPS) is 17.3. The van der Waals surface area contributed by atoms with Crippen molar-refractivity contribution in [1.82, 2.24) is 0 Å². The minimum Gasteiger partial charge on any atom is -0.449 e. The summed E-state index contributed by atoms with van der Waals surface area (Å²) in [6, 6.07) is 20.7. The van der Waals surface area contributed by atoms with Gasteiger partial charge in [0.25, 0.3) is 5.91 Å². The van der Waals surface area contributed by atoms with Crippen LogP contribution in [0.3, 0.4) is 0 Å². The lowest BCUT2D eigenvalue weighted by molar-refractivity contribution is 0.102. The number of amides is 3. The molecule has 4 heterocycles. The molecule has 0 aromatic heterocycles. The average Bonchev–Trinajstić information content (AvgIpc) is 2.91. The molecule has 14 nitrogen and oxygen atoms in total. The van der Waals surface area contributed by atoms with E-state index in [1.807, 2.05) is 37.3 Å². The summed E-state index contributed by atoms with van der Waals surface area (Å²) in [4.78, 5) is 59.4. The number of fused-ring (bicyclic) bond motifs is 3. The van der Waals surface area contributed by atoms with Crippen molar-refractivity contribution in [2.75, 3.05) is 83.1 Å². The highest BCUT2D eigenvalue weighted by Crippen LogP contribution is 2.44. The average molecular weight is 1170 g/mol. The molecule has 1 saturated heterocycles. The second kappa shape index (κ2) is 31.8. The molecule has 464 valence electrons. The Bertz CT molecular complexity index is 2900. The number of rotatable bonds is 20. The van der Waals surface area contributed by atoms with E-state index in [0.717, 1.165) is 141 Å². The standard InChI is InChI=1S/C26H33N3O.C23H33N3O2.C23H35N3O2/c1-4-29(5-2)25-16-21-15-22(19-9-7-6-8-10-19)27-23(21)17-24(25)28-26(30)20-13-11-18(3)12-14-20;1-2-3-13-28-23(27)25-21-16-20-18(15-22(21)26-11-7-8-12-26)14-19(24-20)17-9-5-4-6-10-17;1-4-7-13-28-23(27)25-21-16-20-18(15-22(21)26(5-2)6-3)14-19(24-20)17-11-9-8-10-12-17/h11-14,16-17,19H,4-10,15H2,1-3H3,(H,28,30);15-17H,2-14H2,1H3,(H,25,27);15-17H,4-14H2,1-3H3,(H,25,27). The zero-order valence-electron chi connectivity index (χ0n) is 53.4. The summed E-state index contributed by atoms with van der Waals surface area (Å²) in [5, 5.41) is 9.14. The van der Waals surface area contributed by atoms with Gasteiger partial charge in [-0.15, -0.1) is 0 Å². The number of hydrogen-bond acceptors (Lipinski definition) is 11. The molecule has 0 spiro atoms. The zero-order chi connectivity index (χ0) is 60.4. The lowest BCUT2D eigenvalue weighted by atomic mass is 9.84. The van der Waals surface area contributed by atoms with Crippen molar-refractivity contribution >= 4 is 86.4 Å². The number of aliphatic imine (C=N–C) groups is 3. The van der Waals surface area contributed by atoms with Gasteiger partial charge in [0.15, 0.2) is 0 Å². The van der Waals surface area contributed by atoms with Crippen LogP contribution in [0.2, 0.25) is 0 Å². The van der Waals surface area contributed by atoms with Crippen LogP contribution in [0.15, 0.2) is 75.6 Å². The van der Waals surface area contributed by atoms with E-state index < -0.39 is 0 Å². The second-order valence-electron chi connectivity index (χ2n) is 24.9. The van der Waals surface area contributed by atoms with E-state index in [1.54, 1.807) is 0 Å². The summed E-state index contributed by atoms with van der Waals surface area (Å²) in [6.07, 6.45) is 28.0. The smallest absolute Gasteiger partial charge is 0.411 e.